The fraction of sp³-hybridized carbons (Fsp3) is 0.708. The molecule has 0 aromatic heterocycles. The van der Waals surface area contributed by atoms with Crippen molar-refractivity contribution in [2.24, 2.45) is 4.99 Å². The van der Waals surface area contributed by atoms with E-state index in [4.69, 9.17) is 19.2 Å². The summed E-state index contributed by atoms with van der Waals surface area (Å²) >= 11 is 0. The van der Waals surface area contributed by atoms with Crippen LogP contribution < -0.4 is 15.4 Å². The minimum atomic E-state index is 0. The second kappa shape index (κ2) is 14.9. The molecule has 0 amide bonds. The van der Waals surface area contributed by atoms with Crippen LogP contribution in [0.5, 0.6) is 5.75 Å². The summed E-state index contributed by atoms with van der Waals surface area (Å²) in [5.74, 6) is 1.77. The summed E-state index contributed by atoms with van der Waals surface area (Å²) < 4.78 is 17.1. The molecule has 8 heteroatoms. The van der Waals surface area contributed by atoms with E-state index in [2.05, 4.69) is 47.6 Å². The highest BCUT2D eigenvalue weighted by Gasteiger charge is 2.24. The van der Waals surface area contributed by atoms with Crippen molar-refractivity contribution in [2.75, 3.05) is 53.1 Å². The lowest BCUT2D eigenvalue weighted by Crippen LogP contribution is -2.45. The predicted octanol–water partition coefficient (Wildman–Crippen LogP) is 3.34. The second-order valence-corrected chi connectivity index (χ2v) is 8.46. The zero-order chi connectivity index (χ0) is 21.9. The van der Waals surface area contributed by atoms with Crippen molar-refractivity contribution in [3.8, 4) is 5.75 Å². The van der Waals surface area contributed by atoms with Gasteiger partial charge in [0.25, 0.3) is 0 Å². The van der Waals surface area contributed by atoms with Gasteiger partial charge in [-0.2, -0.15) is 0 Å². The molecular weight excluding hydrogens is 519 g/mol. The highest BCUT2D eigenvalue weighted by atomic mass is 127. The number of nitrogens with one attached hydrogen (secondary N) is 2. The smallest absolute Gasteiger partial charge is 0.191 e. The molecule has 2 atom stereocenters. The van der Waals surface area contributed by atoms with Crippen LogP contribution in [-0.4, -0.2) is 76.1 Å². The van der Waals surface area contributed by atoms with E-state index in [1.165, 1.54) is 18.4 Å². The standard InChI is InChI=1S/C24H40N4O3.HI/c1-4-25-24(27-17-21-7-5-11-28(21)12-14-29-3)26-16-20-10-9-19(2)15-23(20)31-18-22-8-6-13-30-22;/h9-10,15,21-22H,4-8,11-14,16-18H2,1-3H3,(H2,25,26,27);1H. The first-order valence-corrected chi connectivity index (χ1v) is 11.8. The largest absolute Gasteiger partial charge is 0.491 e. The van der Waals surface area contributed by atoms with E-state index in [-0.39, 0.29) is 30.1 Å². The SMILES string of the molecule is CCNC(=NCc1ccc(C)cc1OCC1CCCO1)NCC1CCCN1CCOC.I. The van der Waals surface area contributed by atoms with Crippen molar-refractivity contribution in [3.63, 3.8) is 0 Å². The van der Waals surface area contributed by atoms with Gasteiger partial charge in [0.1, 0.15) is 12.4 Å². The molecule has 0 aliphatic carbocycles. The normalized spacial score (nSPS) is 21.4. The molecule has 2 unspecified atom stereocenters. The van der Waals surface area contributed by atoms with Gasteiger partial charge in [0.2, 0.25) is 0 Å². The molecule has 0 bridgehead atoms. The van der Waals surface area contributed by atoms with Crippen molar-refractivity contribution in [2.45, 2.75) is 58.2 Å². The molecule has 2 saturated heterocycles. The van der Waals surface area contributed by atoms with Gasteiger partial charge in [0.05, 0.1) is 19.3 Å². The van der Waals surface area contributed by atoms with Crippen LogP contribution >= 0.6 is 24.0 Å². The molecule has 2 N–H and O–H groups in total. The van der Waals surface area contributed by atoms with Crippen molar-refractivity contribution < 1.29 is 14.2 Å². The third kappa shape index (κ3) is 8.68. The van der Waals surface area contributed by atoms with Crippen LogP contribution in [-0.2, 0) is 16.0 Å². The molecule has 7 nitrogen and oxygen atoms in total. The lowest BCUT2D eigenvalue weighted by atomic mass is 10.1. The number of nitrogens with zero attached hydrogens (tertiary/aromatic N) is 2. The Morgan fingerprint density at radius 1 is 1.25 bits per heavy atom. The first-order chi connectivity index (χ1) is 15.2. The highest BCUT2D eigenvalue weighted by molar-refractivity contribution is 14.0. The molecule has 3 rings (SSSR count). The van der Waals surface area contributed by atoms with Crippen LogP contribution in [0, 0.1) is 6.92 Å². The van der Waals surface area contributed by atoms with E-state index in [1.54, 1.807) is 7.11 Å². The molecule has 2 aliphatic heterocycles. The Bertz CT molecular complexity index is 698. The Hall–Kier alpha value is -1.10. The summed E-state index contributed by atoms with van der Waals surface area (Å²) in [6.45, 7) is 10.9. The van der Waals surface area contributed by atoms with Gasteiger partial charge in [-0.05, 0) is 57.7 Å². The van der Waals surface area contributed by atoms with E-state index in [0.29, 0.717) is 19.2 Å². The van der Waals surface area contributed by atoms with Gasteiger partial charge < -0.3 is 24.8 Å². The number of methoxy groups -OCH3 is 1. The number of aliphatic imine (C=N–C) groups is 1. The second-order valence-electron chi connectivity index (χ2n) is 8.46. The zero-order valence-electron chi connectivity index (χ0n) is 19.9. The highest BCUT2D eigenvalue weighted by Crippen LogP contribution is 2.23. The van der Waals surface area contributed by atoms with Crippen molar-refractivity contribution in [1.82, 2.24) is 15.5 Å². The summed E-state index contributed by atoms with van der Waals surface area (Å²) in [5.41, 5.74) is 2.29. The van der Waals surface area contributed by atoms with E-state index in [9.17, 15) is 0 Å². The molecule has 1 aromatic carbocycles. The quantitative estimate of drug-likeness (QED) is 0.246. The fourth-order valence-electron chi connectivity index (χ4n) is 4.23. The van der Waals surface area contributed by atoms with E-state index < -0.39 is 0 Å². The maximum absolute atomic E-state index is 6.13. The number of rotatable bonds is 11. The number of hydrogen-bond acceptors (Lipinski definition) is 5. The molecule has 2 heterocycles. The summed E-state index contributed by atoms with van der Waals surface area (Å²) in [6, 6.07) is 6.88. The van der Waals surface area contributed by atoms with Gasteiger partial charge in [0, 0.05) is 45.0 Å². The summed E-state index contributed by atoms with van der Waals surface area (Å²) in [6.07, 6.45) is 4.88. The Labute approximate surface area is 210 Å². The Kier molecular flexibility index (Phi) is 12.7. The molecule has 32 heavy (non-hydrogen) atoms. The van der Waals surface area contributed by atoms with Crippen LogP contribution in [0.15, 0.2) is 23.2 Å². The van der Waals surface area contributed by atoms with Crippen LogP contribution in [0.25, 0.3) is 0 Å². The Morgan fingerprint density at radius 3 is 2.88 bits per heavy atom. The van der Waals surface area contributed by atoms with Gasteiger partial charge in [-0.1, -0.05) is 12.1 Å². The number of ether oxygens (including phenoxy) is 3. The lowest BCUT2D eigenvalue weighted by Gasteiger charge is -2.25. The van der Waals surface area contributed by atoms with Gasteiger partial charge in [-0.25, -0.2) is 4.99 Å². The topological polar surface area (TPSA) is 67.4 Å². The number of guanidine groups is 1. The maximum Gasteiger partial charge on any atom is 0.191 e. The Balaban J connectivity index is 0.00000363. The monoisotopic (exact) mass is 560 g/mol. The van der Waals surface area contributed by atoms with E-state index in [1.807, 2.05) is 0 Å². The maximum atomic E-state index is 6.13. The summed E-state index contributed by atoms with van der Waals surface area (Å²) in [4.78, 5) is 7.35. The van der Waals surface area contributed by atoms with Gasteiger partial charge in [-0.15, -0.1) is 24.0 Å². The van der Waals surface area contributed by atoms with Crippen molar-refractivity contribution in [3.05, 3.63) is 29.3 Å². The third-order valence-electron chi connectivity index (χ3n) is 6.01. The molecular formula is C24H41IN4O3. The van der Waals surface area contributed by atoms with Gasteiger partial charge in [0.15, 0.2) is 5.96 Å². The van der Waals surface area contributed by atoms with Crippen molar-refractivity contribution >= 4 is 29.9 Å². The molecule has 0 spiro atoms. The first kappa shape index (κ1) is 27.1. The van der Waals surface area contributed by atoms with Gasteiger partial charge >= 0.3 is 0 Å². The Morgan fingerprint density at radius 2 is 2.12 bits per heavy atom. The van der Waals surface area contributed by atoms with Crippen LogP contribution in [0.4, 0.5) is 0 Å². The molecule has 182 valence electrons. The average molecular weight is 561 g/mol. The predicted molar refractivity (Wildman–Crippen MR) is 140 cm³/mol. The number of aryl methyl sites for hydroxylation is 1. The number of halogens is 1. The van der Waals surface area contributed by atoms with Crippen molar-refractivity contribution in [1.29, 1.82) is 0 Å². The number of likely N-dealkylation sites (tertiary alicyclic amines) is 1. The zero-order valence-corrected chi connectivity index (χ0v) is 22.2. The number of hydrogen-bond donors (Lipinski definition) is 2. The molecule has 0 radical (unpaired) electrons. The van der Waals surface area contributed by atoms with Crippen LogP contribution in [0.2, 0.25) is 0 Å². The average Bonchev–Trinajstić information content (AvgIpc) is 3.45. The van der Waals surface area contributed by atoms with Crippen LogP contribution in [0.1, 0.15) is 43.7 Å². The first-order valence-electron chi connectivity index (χ1n) is 11.8. The number of benzene rings is 1. The van der Waals surface area contributed by atoms with Gasteiger partial charge in [-0.3, -0.25) is 4.90 Å². The molecule has 2 aliphatic rings. The lowest BCUT2D eigenvalue weighted by molar-refractivity contribution is 0.0676. The fourth-order valence-corrected chi connectivity index (χ4v) is 4.23. The minimum Gasteiger partial charge on any atom is -0.491 e. The van der Waals surface area contributed by atoms with Crippen LogP contribution in [0.3, 0.4) is 0 Å². The molecule has 0 saturated carbocycles. The molecule has 1 aromatic rings. The summed E-state index contributed by atoms with van der Waals surface area (Å²) in [7, 11) is 1.77. The van der Waals surface area contributed by atoms with E-state index in [0.717, 1.165) is 69.5 Å². The summed E-state index contributed by atoms with van der Waals surface area (Å²) in [5, 5.41) is 6.92. The van der Waals surface area contributed by atoms with E-state index >= 15 is 0 Å². The molecule has 2 fully saturated rings. The minimum absolute atomic E-state index is 0. The third-order valence-corrected chi connectivity index (χ3v) is 6.01.